The first-order chi connectivity index (χ1) is 17.1. The summed E-state index contributed by atoms with van der Waals surface area (Å²) in [5.74, 6) is 0.825. The fourth-order valence-corrected chi connectivity index (χ4v) is 5.74. The van der Waals surface area contributed by atoms with Gasteiger partial charge in [0.05, 0.1) is 0 Å². The number of ether oxygens (including phenoxy) is 1. The average Bonchev–Trinajstić information content (AvgIpc) is 3.24. The van der Waals surface area contributed by atoms with Crippen molar-refractivity contribution in [2.45, 2.75) is 38.0 Å². The Morgan fingerprint density at radius 3 is 2.66 bits per heavy atom. The van der Waals surface area contributed by atoms with Crippen LogP contribution in [0.2, 0.25) is 0 Å². The number of rotatable bonds is 6. The Bertz CT molecular complexity index is 1360. The topological polar surface area (TPSA) is 51.7 Å². The number of piperazine rings is 1. The van der Waals surface area contributed by atoms with E-state index in [0.717, 1.165) is 48.3 Å². The molecule has 3 aromatic carbocycles. The van der Waals surface area contributed by atoms with Gasteiger partial charge in [0.2, 0.25) is 0 Å². The number of benzene rings is 3. The van der Waals surface area contributed by atoms with Gasteiger partial charge in [-0.1, -0.05) is 48.6 Å². The predicted octanol–water partition coefficient (Wildman–Crippen LogP) is 5.28. The third-order valence-electron chi connectivity index (χ3n) is 7.49. The number of H-pyrrole nitrogens is 1. The van der Waals surface area contributed by atoms with E-state index in [1.165, 1.54) is 16.5 Å². The van der Waals surface area contributed by atoms with Crippen LogP contribution >= 0.6 is 0 Å². The highest BCUT2D eigenvalue weighted by molar-refractivity contribution is 5.87. The number of aryl methyl sites for hydroxylation is 1. The number of nitrogens with one attached hydrogen (secondary N) is 1. The molecule has 1 fully saturated rings. The third-order valence-corrected chi connectivity index (χ3v) is 7.49. The number of aliphatic hydroxyl groups is 1. The zero-order chi connectivity index (χ0) is 23.8. The number of aliphatic hydroxyl groups excluding tert-OH is 1. The molecule has 0 unspecified atom stereocenters. The standard InChI is InChI=1S/C30H33N3O2/c1-21-15-28-29(31-21)11-6-12-30(28)35-20-27(34)19-32-17-26-10-5-4-9-25(32)18-33(26)24-14-13-22-7-2-3-8-23(22)16-24/h2-8,11-16,25-27,31,34H,9-10,17-20H2,1H3/t25-,26-,27-/m1/s1. The highest BCUT2D eigenvalue weighted by atomic mass is 16.5. The van der Waals surface area contributed by atoms with Crippen LogP contribution in [0.5, 0.6) is 5.75 Å². The van der Waals surface area contributed by atoms with Crippen LogP contribution in [0.3, 0.4) is 0 Å². The van der Waals surface area contributed by atoms with Crippen molar-refractivity contribution in [2.75, 3.05) is 31.1 Å². The summed E-state index contributed by atoms with van der Waals surface area (Å²) in [4.78, 5) is 8.40. The summed E-state index contributed by atoms with van der Waals surface area (Å²) >= 11 is 0. The number of aromatic nitrogens is 1. The van der Waals surface area contributed by atoms with Crippen molar-refractivity contribution >= 4 is 27.4 Å². The van der Waals surface area contributed by atoms with Gasteiger partial charge in [0.1, 0.15) is 18.5 Å². The van der Waals surface area contributed by atoms with Gasteiger partial charge in [-0.2, -0.15) is 0 Å². The summed E-state index contributed by atoms with van der Waals surface area (Å²) < 4.78 is 6.08. The van der Waals surface area contributed by atoms with Gasteiger partial charge in [0.25, 0.3) is 0 Å². The normalized spacial score (nSPS) is 21.4. The van der Waals surface area contributed by atoms with E-state index < -0.39 is 6.10 Å². The van der Waals surface area contributed by atoms with Crippen molar-refractivity contribution in [3.8, 4) is 5.75 Å². The maximum absolute atomic E-state index is 10.9. The van der Waals surface area contributed by atoms with Crippen LogP contribution in [0.15, 0.2) is 78.9 Å². The van der Waals surface area contributed by atoms with Crippen LogP contribution in [0.25, 0.3) is 21.7 Å². The highest BCUT2D eigenvalue weighted by Crippen LogP contribution is 2.31. The molecule has 0 saturated carbocycles. The second kappa shape index (κ2) is 9.40. The molecule has 4 aromatic rings. The Morgan fingerprint density at radius 2 is 1.77 bits per heavy atom. The van der Waals surface area contributed by atoms with E-state index in [-0.39, 0.29) is 0 Å². The van der Waals surface area contributed by atoms with E-state index in [9.17, 15) is 5.11 Å². The number of hydrogen-bond acceptors (Lipinski definition) is 4. The van der Waals surface area contributed by atoms with Gasteiger partial charge in [-0.05, 0) is 60.9 Å². The molecule has 2 N–H and O–H groups in total. The molecule has 3 aliphatic heterocycles. The molecule has 3 atom stereocenters. The highest BCUT2D eigenvalue weighted by Gasteiger charge is 2.35. The Balaban J connectivity index is 1.14. The zero-order valence-corrected chi connectivity index (χ0v) is 20.2. The van der Waals surface area contributed by atoms with Crippen LogP contribution in [0.4, 0.5) is 5.69 Å². The molecule has 1 aromatic heterocycles. The van der Waals surface area contributed by atoms with E-state index in [1.807, 2.05) is 19.1 Å². The predicted molar refractivity (Wildman–Crippen MR) is 143 cm³/mol. The Labute approximate surface area is 206 Å². The Kier molecular flexibility index (Phi) is 5.96. The lowest BCUT2D eigenvalue weighted by atomic mass is 9.96. The molecule has 4 heterocycles. The Morgan fingerprint density at radius 1 is 0.943 bits per heavy atom. The van der Waals surface area contributed by atoms with E-state index >= 15 is 0 Å². The van der Waals surface area contributed by atoms with E-state index in [2.05, 4.69) is 81.5 Å². The molecule has 35 heavy (non-hydrogen) atoms. The largest absolute Gasteiger partial charge is 0.490 e. The van der Waals surface area contributed by atoms with Gasteiger partial charge in [-0.25, -0.2) is 0 Å². The summed E-state index contributed by atoms with van der Waals surface area (Å²) in [5, 5.41) is 14.6. The van der Waals surface area contributed by atoms with E-state index in [1.54, 1.807) is 0 Å². The maximum Gasteiger partial charge on any atom is 0.128 e. The van der Waals surface area contributed by atoms with Crippen molar-refractivity contribution in [1.29, 1.82) is 0 Å². The molecule has 0 radical (unpaired) electrons. The molecule has 2 bridgehead atoms. The molecule has 0 amide bonds. The van der Waals surface area contributed by atoms with E-state index in [0.29, 0.717) is 25.2 Å². The first-order valence-corrected chi connectivity index (χ1v) is 12.7. The summed E-state index contributed by atoms with van der Waals surface area (Å²) in [6, 6.07) is 24.3. The summed E-state index contributed by atoms with van der Waals surface area (Å²) in [5.41, 5.74) is 3.47. The van der Waals surface area contributed by atoms with Crippen LogP contribution in [-0.2, 0) is 0 Å². The van der Waals surface area contributed by atoms with Crippen molar-refractivity contribution in [2.24, 2.45) is 0 Å². The minimum atomic E-state index is -0.538. The van der Waals surface area contributed by atoms with Gasteiger partial charge in [-0.15, -0.1) is 0 Å². The second-order valence-corrected chi connectivity index (χ2v) is 10.0. The van der Waals surface area contributed by atoms with Crippen LogP contribution in [0.1, 0.15) is 18.5 Å². The number of aromatic amines is 1. The molecule has 1 saturated heterocycles. The molecule has 0 aliphatic carbocycles. The summed E-state index contributed by atoms with van der Waals surface area (Å²) in [6.45, 7) is 4.89. The zero-order valence-electron chi connectivity index (χ0n) is 20.2. The smallest absolute Gasteiger partial charge is 0.128 e. The fraction of sp³-hybridized carbons (Fsp3) is 0.333. The monoisotopic (exact) mass is 467 g/mol. The van der Waals surface area contributed by atoms with Gasteiger partial charge >= 0.3 is 0 Å². The van der Waals surface area contributed by atoms with Gasteiger partial charge in [0.15, 0.2) is 0 Å². The lowest BCUT2D eigenvalue weighted by Gasteiger charge is -2.48. The molecule has 7 rings (SSSR count). The molecule has 5 nitrogen and oxygen atoms in total. The minimum Gasteiger partial charge on any atom is -0.490 e. The van der Waals surface area contributed by atoms with Crippen molar-refractivity contribution < 1.29 is 9.84 Å². The van der Waals surface area contributed by atoms with Crippen LogP contribution in [0, 0.1) is 6.92 Å². The summed E-state index contributed by atoms with van der Waals surface area (Å²) in [7, 11) is 0. The van der Waals surface area contributed by atoms with Crippen LogP contribution < -0.4 is 9.64 Å². The van der Waals surface area contributed by atoms with Crippen molar-refractivity contribution in [3.05, 3.63) is 84.6 Å². The maximum atomic E-state index is 10.9. The molecule has 5 heteroatoms. The average molecular weight is 468 g/mol. The van der Waals surface area contributed by atoms with Crippen molar-refractivity contribution in [3.63, 3.8) is 0 Å². The molecular weight excluding hydrogens is 434 g/mol. The first kappa shape index (κ1) is 22.2. The molecular formula is C30H33N3O2. The van der Waals surface area contributed by atoms with E-state index in [4.69, 9.17) is 4.74 Å². The quantitative estimate of drug-likeness (QED) is 0.379. The van der Waals surface area contributed by atoms with Crippen molar-refractivity contribution in [1.82, 2.24) is 9.88 Å². The third kappa shape index (κ3) is 4.54. The molecule has 0 spiro atoms. The number of hydrogen-bond donors (Lipinski definition) is 2. The lowest BCUT2D eigenvalue weighted by molar-refractivity contribution is 0.0409. The fourth-order valence-electron chi connectivity index (χ4n) is 5.74. The van der Waals surface area contributed by atoms with Gasteiger partial charge in [0, 0.05) is 54.0 Å². The molecule has 3 aliphatic rings. The number of fused-ring (bicyclic) bond motifs is 6. The van der Waals surface area contributed by atoms with Crippen LogP contribution in [-0.4, -0.2) is 59.4 Å². The Hall–Kier alpha value is -3.28. The second-order valence-electron chi connectivity index (χ2n) is 10.0. The number of nitrogens with zero attached hydrogens (tertiary/aromatic N) is 2. The van der Waals surface area contributed by atoms with Gasteiger partial charge < -0.3 is 19.7 Å². The summed E-state index contributed by atoms with van der Waals surface area (Å²) in [6.07, 6.45) is 6.15. The lowest BCUT2D eigenvalue weighted by Crippen LogP contribution is -2.60. The first-order valence-electron chi connectivity index (χ1n) is 12.7. The molecule has 180 valence electrons. The SMILES string of the molecule is Cc1cc2c(OC[C@H](O)CN3C[C@H]4CC=CC[C@@H]3CN4c3ccc4ccccc4c3)cccc2[nH]1. The number of anilines is 1. The minimum absolute atomic E-state index is 0.293. The van der Waals surface area contributed by atoms with Gasteiger partial charge in [-0.3, -0.25) is 4.90 Å².